The van der Waals surface area contributed by atoms with Crippen molar-refractivity contribution in [1.82, 2.24) is 19.7 Å². The molecule has 0 radical (unpaired) electrons. The van der Waals surface area contributed by atoms with E-state index in [1.165, 1.54) is 6.33 Å². The van der Waals surface area contributed by atoms with Crippen LogP contribution in [0.15, 0.2) is 55.1 Å². The van der Waals surface area contributed by atoms with Gasteiger partial charge in [0.05, 0.1) is 12.6 Å². The van der Waals surface area contributed by atoms with Crippen molar-refractivity contribution in [2.24, 2.45) is 0 Å². The predicted octanol–water partition coefficient (Wildman–Crippen LogP) is 4.41. The van der Waals surface area contributed by atoms with Crippen LogP contribution in [0.25, 0.3) is 0 Å². The van der Waals surface area contributed by atoms with E-state index in [1.54, 1.807) is 24.0 Å². The number of carbonyl (C=O) groups excluding carboxylic acids is 1. The summed E-state index contributed by atoms with van der Waals surface area (Å²) in [4.78, 5) is 19.8. The molecule has 5 rings (SSSR count). The number of aromatic nitrogens is 3. The minimum Gasteiger partial charge on any atom is -0.491 e. The van der Waals surface area contributed by atoms with Gasteiger partial charge in [-0.15, -0.1) is 0 Å². The molecule has 2 unspecified atom stereocenters. The number of piperazine rings is 1. The molecular formula is C26H29Cl2N5O3. The molecule has 190 valence electrons. The van der Waals surface area contributed by atoms with Crippen LogP contribution in [0.4, 0.5) is 5.69 Å². The molecule has 2 aliphatic rings. The number of carbonyl (C=O) groups is 1. The summed E-state index contributed by atoms with van der Waals surface area (Å²) in [6.07, 6.45) is 4.69. The van der Waals surface area contributed by atoms with Gasteiger partial charge in [0, 0.05) is 54.4 Å². The number of anilines is 1. The fourth-order valence-corrected chi connectivity index (χ4v) is 5.59. The summed E-state index contributed by atoms with van der Waals surface area (Å²) in [5.41, 5.74) is 1.38. The zero-order valence-corrected chi connectivity index (χ0v) is 21.7. The topological polar surface area (TPSA) is 72.7 Å². The smallest absolute Gasteiger partial charge is 0.219 e. The van der Waals surface area contributed by atoms with Crippen LogP contribution >= 0.6 is 23.2 Å². The fraction of sp³-hybridized carbons (Fsp3) is 0.423. The van der Waals surface area contributed by atoms with E-state index < -0.39 is 5.60 Å². The standard InChI is InChI=1S/C26H29Cl2N5O3/c1-19(34)31-10-12-32(13-11-31)21-3-5-22(6-4-21)35-15-23-8-9-26(36-23,16-33-18-29-17-30-33)24-7-2-20(27)14-25(24)28/h2-7,14,17-18,23H,8-13,15-16H2,1H3. The molecular weight excluding hydrogens is 501 g/mol. The summed E-state index contributed by atoms with van der Waals surface area (Å²) in [5.74, 6) is 0.930. The highest BCUT2D eigenvalue weighted by atomic mass is 35.5. The molecule has 1 amide bonds. The number of ether oxygens (including phenoxy) is 2. The van der Waals surface area contributed by atoms with Crippen LogP contribution in [0.5, 0.6) is 5.75 Å². The van der Waals surface area contributed by atoms with Crippen LogP contribution in [0.3, 0.4) is 0 Å². The molecule has 2 aromatic carbocycles. The fourth-order valence-electron chi connectivity index (χ4n) is 5.00. The van der Waals surface area contributed by atoms with Gasteiger partial charge in [0.1, 0.15) is 30.6 Å². The molecule has 0 bridgehead atoms. The van der Waals surface area contributed by atoms with Gasteiger partial charge in [0.25, 0.3) is 0 Å². The highest BCUT2D eigenvalue weighted by molar-refractivity contribution is 6.35. The number of nitrogens with zero attached hydrogens (tertiary/aromatic N) is 5. The molecule has 3 heterocycles. The zero-order chi connectivity index (χ0) is 25.1. The Bertz CT molecular complexity index is 1180. The third-order valence-electron chi connectivity index (χ3n) is 6.93. The first kappa shape index (κ1) is 24.9. The van der Waals surface area contributed by atoms with Crippen molar-refractivity contribution in [3.63, 3.8) is 0 Å². The maximum absolute atomic E-state index is 11.6. The number of rotatable bonds is 7. The molecule has 2 aliphatic heterocycles. The minimum atomic E-state index is -0.644. The predicted molar refractivity (Wildman–Crippen MR) is 139 cm³/mol. The summed E-state index contributed by atoms with van der Waals surface area (Å²) < 4.78 is 14.5. The Labute approximate surface area is 220 Å². The van der Waals surface area contributed by atoms with E-state index in [9.17, 15) is 4.79 Å². The molecule has 2 saturated heterocycles. The van der Waals surface area contributed by atoms with E-state index in [4.69, 9.17) is 32.7 Å². The number of benzene rings is 2. The van der Waals surface area contributed by atoms with Gasteiger partial charge in [-0.25, -0.2) is 9.67 Å². The summed E-state index contributed by atoms with van der Waals surface area (Å²) >= 11 is 12.7. The van der Waals surface area contributed by atoms with E-state index in [-0.39, 0.29) is 12.0 Å². The van der Waals surface area contributed by atoms with Crippen LogP contribution in [-0.4, -0.2) is 64.5 Å². The Balaban J connectivity index is 1.22. The Morgan fingerprint density at radius 2 is 1.92 bits per heavy atom. The van der Waals surface area contributed by atoms with Gasteiger partial charge in [-0.3, -0.25) is 4.79 Å². The molecule has 36 heavy (non-hydrogen) atoms. The summed E-state index contributed by atoms with van der Waals surface area (Å²) in [7, 11) is 0. The Kier molecular flexibility index (Phi) is 7.37. The maximum Gasteiger partial charge on any atom is 0.219 e. The van der Waals surface area contributed by atoms with Gasteiger partial charge in [-0.2, -0.15) is 5.10 Å². The number of hydrogen-bond acceptors (Lipinski definition) is 6. The molecule has 8 nitrogen and oxygen atoms in total. The lowest BCUT2D eigenvalue weighted by molar-refractivity contribution is -0.129. The second-order valence-corrected chi connectivity index (χ2v) is 10.1. The Morgan fingerprint density at radius 1 is 1.14 bits per heavy atom. The van der Waals surface area contributed by atoms with Crippen molar-refractivity contribution < 1.29 is 14.3 Å². The zero-order valence-electron chi connectivity index (χ0n) is 20.1. The van der Waals surface area contributed by atoms with E-state index in [2.05, 4.69) is 27.1 Å². The van der Waals surface area contributed by atoms with E-state index in [1.807, 2.05) is 29.2 Å². The molecule has 0 saturated carbocycles. The third kappa shape index (κ3) is 5.45. The molecule has 0 spiro atoms. The van der Waals surface area contributed by atoms with Crippen LogP contribution in [-0.2, 0) is 21.7 Å². The lowest BCUT2D eigenvalue weighted by Crippen LogP contribution is -2.48. The van der Waals surface area contributed by atoms with Crippen molar-refractivity contribution in [2.75, 3.05) is 37.7 Å². The molecule has 3 aromatic rings. The molecule has 0 aliphatic carbocycles. The molecule has 10 heteroatoms. The van der Waals surface area contributed by atoms with Gasteiger partial charge < -0.3 is 19.3 Å². The van der Waals surface area contributed by atoms with Gasteiger partial charge in [0.2, 0.25) is 5.91 Å². The molecule has 2 atom stereocenters. The maximum atomic E-state index is 11.6. The van der Waals surface area contributed by atoms with Crippen LogP contribution in [0, 0.1) is 0 Å². The normalized spacial score (nSPS) is 22.1. The van der Waals surface area contributed by atoms with Gasteiger partial charge in [0.15, 0.2) is 0 Å². The average molecular weight is 530 g/mol. The number of halogens is 2. The van der Waals surface area contributed by atoms with Crippen molar-refractivity contribution in [2.45, 2.75) is 38.0 Å². The lowest BCUT2D eigenvalue weighted by Gasteiger charge is -2.35. The Morgan fingerprint density at radius 3 is 2.58 bits per heavy atom. The first-order valence-corrected chi connectivity index (χ1v) is 12.9. The average Bonchev–Trinajstić information content (AvgIpc) is 3.54. The summed E-state index contributed by atoms with van der Waals surface area (Å²) in [6.45, 7) is 5.71. The summed E-state index contributed by atoms with van der Waals surface area (Å²) in [5, 5.41) is 5.44. The van der Waals surface area contributed by atoms with Gasteiger partial charge in [-0.1, -0.05) is 29.3 Å². The first-order valence-electron chi connectivity index (χ1n) is 12.1. The molecule has 1 aromatic heterocycles. The first-order chi connectivity index (χ1) is 17.4. The second kappa shape index (κ2) is 10.7. The highest BCUT2D eigenvalue weighted by Crippen LogP contribution is 2.44. The highest BCUT2D eigenvalue weighted by Gasteiger charge is 2.44. The molecule has 0 N–H and O–H groups in total. The van der Waals surface area contributed by atoms with Crippen molar-refractivity contribution in [1.29, 1.82) is 0 Å². The van der Waals surface area contributed by atoms with E-state index in [0.29, 0.717) is 23.2 Å². The second-order valence-electron chi connectivity index (χ2n) is 9.29. The van der Waals surface area contributed by atoms with Crippen molar-refractivity contribution in [3.05, 3.63) is 70.7 Å². The number of amides is 1. The Hall–Kier alpha value is -2.81. The van der Waals surface area contributed by atoms with Crippen molar-refractivity contribution >= 4 is 34.8 Å². The van der Waals surface area contributed by atoms with Gasteiger partial charge >= 0.3 is 0 Å². The largest absolute Gasteiger partial charge is 0.491 e. The SMILES string of the molecule is CC(=O)N1CCN(c2ccc(OCC3CCC(Cn4cncn4)(c4ccc(Cl)cc4Cl)O3)cc2)CC1. The van der Waals surface area contributed by atoms with Crippen LogP contribution < -0.4 is 9.64 Å². The van der Waals surface area contributed by atoms with Gasteiger partial charge in [-0.05, 0) is 49.2 Å². The summed E-state index contributed by atoms with van der Waals surface area (Å²) in [6, 6.07) is 13.6. The minimum absolute atomic E-state index is 0.0976. The monoisotopic (exact) mass is 529 g/mol. The van der Waals surface area contributed by atoms with Crippen LogP contribution in [0.1, 0.15) is 25.3 Å². The lowest BCUT2D eigenvalue weighted by atomic mass is 9.90. The quantitative estimate of drug-likeness (QED) is 0.451. The van der Waals surface area contributed by atoms with E-state index in [0.717, 1.165) is 56.0 Å². The molecule has 2 fully saturated rings. The van der Waals surface area contributed by atoms with Crippen molar-refractivity contribution in [3.8, 4) is 5.75 Å². The third-order valence-corrected chi connectivity index (χ3v) is 7.48. The van der Waals surface area contributed by atoms with Crippen LogP contribution in [0.2, 0.25) is 10.0 Å². The number of hydrogen-bond donors (Lipinski definition) is 0. The van der Waals surface area contributed by atoms with E-state index >= 15 is 0 Å².